The molecule has 1 saturated carbocycles. The number of carbonyl (C=O) groups is 1. The number of nitrogens with one attached hydrogen (secondary N) is 1. The molecule has 0 bridgehead atoms. The van der Waals surface area contributed by atoms with Crippen molar-refractivity contribution in [2.75, 3.05) is 7.11 Å². The van der Waals surface area contributed by atoms with Crippen molar-refractivity contribution in [1.29, 1.82) is 0 Å². The molecular formula is C25H27F4N5O3. The fraction of sp³-hybridized carbons (Fsp3) is 0.440. The van der Waals surface area contributed by atoms with Crippen LogP contribution in [0.2, 0.25) is 0 Å². The molecule has 4 rings (SSSR count). The Kier molecular flexibility index (Phi) is 7.76. The highest BCUT2D eigenvalue weighted by molar-refractivity contribution is 5.73. The van der Waals surface area contributed by atoms with Crippen LogP contribution in [-0.2, 0) is 22.3 Å². The summed E-state index contributed by atoms with van der Waals surface area (Å²) >= 11 is 0. The monoisotopic (exact) mass is 521 g/mol. The van der Waals surface area contributed by atoms with Gasteiger partial charge in [-0.1, -0.05) is 12.1 Å². The van der Waals surface area contributed by atoms with Crippen molar-refractivity contribution < 1.29 is 31.8 Å². The number of benzene rings is 2. The van der Waals surface area contributed by atoms with Crippen LogP contribution in [0.4, 0.5) is 17.6 Å². The smallest absolute Gasteiger partial charge is 0.453 e. The molecule has 1 aromatic heterocycles. The number of halogens is 4. The van der Waals surface area contributed by atoms with Crippen molar-refractivity contribution in [1.82, 2.24) is 25.5 Å². The highest BCUT2D eigenvalue weighted by Crippen LogP contribution is 2.40. The van der Waals surface area contributed by atoms with E-state index in [4.69, 9.17) is 9.47 Å². The molecule has 37 heavy (non-hydrogen) atoms. The van der Waals surface area contributed by atoms with E-state index >= 15 is 0 Å². The maximum absolute atomic E-state index is 13.5. The van der Waals surface area contributed by atoms with Gasteiger partial charge in [0.1, 0.15) is 11.6 Å². The third kappa shape index (κ3) is 6.07. The molecule has 8 nitrogen and oxygen atoms in total. The molecule has 0 amide bonds. The van der Waals surface area contributed by atoms with Crippen LogP contribution >= 0.6 is 0 Å². The summed E-state index contributed by atoms with van der Waals surface area (Å²) in [5, 5.41) is 13.2. The maximum Gasteiger partial charge on any atom is 0.453 e. The van der Waals surface area contributed by atoms with Crippen molar-refractivity contribution in [3.8, 4) is 11.4 Å². The van der Waals surface area contributed by atoms with Crippen LogP contribution in [0, 0.1) is 11.7 Å². The fourth-order valence-electron chi connectivity index (χ4n) is 4.68. The van der Waals surface area contributed by atoms with Gasteiger partial charge in [0.25, 0.3) is 5.82 Å². The summed E-state index contributed by atoms with van der Waals surface area (Å²) in [6, 6.07) is 10.5. The van der Waals surface area contributed by atoms with Crippen LogP contribution in [-0.4, -0.2) is 45.4 Å². The van der Waals surface area contributed by atoms with Gasteiger partial charge in [-0.3, -0.25) is 4.79 Å². The first-order valence-electron chi connectivity index (χ1n) is 11.8. The SMILES string of the molecule is COC(=O)[C@H]1CC(NCc2cc(-n3nnnc3C(F)(F)F)ccc2OC(C)C)C(c2ccc(F)cc2)C1. The number of methoxy groups -OCH3 is 1. The molecule has 3 atom stereocenters. The van der Waals surface area contributed by atoms with Gasteiger partial charge >= 0.3 is 12.1 Å². The van der Waals surface area contributed by atoms with E-state index in [-0.39, 0.29) is 48.0 Å². The molecule has 2 unspecified atom stereocenters. The number of tetrazole rings is 1. The van der Waals surface area contributed by atoms with Crippen LogP contribution in [0.25, 0.3) is 5.69 Å². The second-order valence-corrected chi connectivity index (χ2v) is 9.21. The third-order valence-corrected chi connectivity index (χ3v) is 6.32. The summed E-state index contributed by atoms with van der Waals surface area (Å²) in [6.07, 6.45) is -3.90. The number of rotatable bonds is 8. The molecule has 1 fully saturated rings. The Morgan fingerprint density at radius 3 is 2.54 bits per heavy atom. The van der Waals surface area contributed by atoms with Crippen molar-refractivity contribution >= 4 is 5.97 Å². The number of ether oxygens (including phenoxy) is 2. The highest BCUT2D eigenvalue weighted by Gasteiger charge is 2.40. The average molecular weight is 522 g/mol. The molecule has 3 aromatic rings. The number of carbonyl (C=O) groups excluding carboxylic acids is 1. The Morgan fingerprint density at radius 1 is 1.16 bits per heavy atom. The summed E-state index contributed by atoms with van der Waals surface area (Å²) in [6.45, 7) is 3.92. The highest BCUT2D eigenvalue weighted by atomic mass is 19.4. The van der Waals surface area contributed by atoms with Gasteiger partial charge in [0, 0.05) is 24.1 Å². The van der Waals surface area contributed by atoms with Gasteiger partial charge in [-0.15, -0.1) is 5.10 Å². The second-order valence-electron chi connectivity index (χ2n) is 9.21. The molecule has 2 aromatic carbocycles. The van der Waals surface area contributed by atoms with Crippen molar-refractivity contribution in [3.63, 3.8) is 0 Å². The van der Waals surface area contributed by atoms with Gasteiger partial charge in [0.2, 0.25) is 0 Å². The average Bonchev–Trinajstić information content (AvgIpc) is 3.51. The number of aromatic nitrogens is 4. The predicted molar refractivity (Wildman–Crippen MR) is 124 cm³/mol. The minimum absolute atomic E-state index is 0.0984. The number of hydrogen-bond acceptors (Lipinski definition) is 7. The van der Waals surface area contributed by atoms with Gasteiger partial charge in [-0.05, 0) is 73.0 Å². The van der Waals surface area contributed by atoms with Crippen molar-refractivity contribution in [3.05, 3.63) is 65.2 Å². The first-order valence-corrected chi connectivity index (χ1v) is 11.8. The Labute approximate surface area is 211 Å². The normalized spacial score (nSPS) is 19.8. The molecule has 198 valence electrons. The van der Waals surface area contributed by atoms with Crippen molar-refractivity contribution in [2.24, 2.45) is 5.92 Å². The molecule has 0 radical (unpaired) electrons. The molecule has 1 aliphatic carbocycles. The molecule has 1 N–H and O–H groups in total. The number of hydrogen-bond donors (Lipinski definition) is 1. The largest absolute Gasteiger partial charge is 0.491 e. The molecule has 1 heterocycles. The summed E-state index contributed by atoms with van der Waals surface area (Å²) in [5.41, 5.74) is 1.59. The second kappa shape index (κ2) is 10.8. The van der Waals surface area contributed by atoms with Crippen LogP contribution in [0.15, 0.2) is 42.5 Å². The minimum Gasteiger partial charge on any atom is -0.491 e. The van der Waals surface area contributed by atoms with E-state index in [1.54, 1.807) is 18.2 Å². The molecule has 1 aliphatic rings. The van der Waals surface area contributed by atoms with Gasteiger partial charge in [0.05, 0.1) is 24.8 Å². The summed E-state index contributed by atoms with van der Waals surface area (Å²) < 4.78 is 65.1. The number of esters is 1. The first kappa shape index (κ1) is 26.5. The lowest BCUT2D eigenvalue weighted by Crippen LogP contribution is -2.31. The van der Waals surface area contributed by atoms with E-state index in [1.807, 2.05) is 13.8 Å². The maximum atomic E-state index is 13.5. The van der Waals surface area contributed by atoms with E-state index in [9.17, 15) is 22.4 Å². The fourth-order valence-corrected chi connectivity index (χ4v) is 4.68. The van der Waals surface area contributed by atoms with Gasteiger partial charge in [0.15, 0.2) is 0 Å². The molecule has 0 saturated heterocycles. The lowest BCUT2D eigenvalue weighted by Gasteiger charge is -2.23. The lowest BCUT2D eigenvalue weighted by molar-refractivity contribution is -0.147. The predicted octanol–water partition coefficient (Wildman–Crippen LogP) is 4.43. The zero-order valence-corrected chi connectivity index (χ0v) is 20.5. The Morgan fingerprint density at radius 2 is 1.89 bits per heavy atom. The Balaban J connectivity index is 1.62. The molecule has 0 spiro atoms. The van der Waals surface area contributed by atoms with Gasteiger partial charge in [-0.2, -0.15) is 17.9 Å². The van der Waals surface area contributed by atoms with E-state index in [1.165, 1.54) is 31.4 Å². The Hall–Kier alpha value is -3.54. The number of nitrogens with zero attached hydrogens (tertiary/aromatic N) is 4. The van der Waals surface area contributed by atoms with E-state index < -0.39 is 12.0 Å². The minimum atomic E-state index is -4.73. The van der Waals surface area contributed by atoms with E-state index in [2.05, 4.69) is 20.8 Å². The zero-order valence-electron chi connectivity index (χ0n) is 20.5. The van der Waals surface area contributed by atoms with Crippen LogP contribution < -0.4 is 10.1 Å². The van der Waals surface area contributed by atoms with Crippen LogP contribution in [0.1, 0.15) is 49.6 Å². The zero-order chi connectivity index (χ0) is 26.7. The van der Waals surface area contributed by atoms with Crippen LogP contribution in [0.5, 0.6) is 5.75 Å². The summed E-state index contributed by atoms with van der Waals surface area (Å²) in [5.74, 6) is -1.86. The molecule has 12 heteroatoms. The quantitative estimate of drug-likeness (QED) is 0.346. The standard InChI is InChI=1S/C25H27F4N5O3/c1-14(2)37-22-9-8-19(34-24(25(27,28)29)31-32-33-34)10-17(22)13-30-21-12-16(23(35)36-3)11-20(21)15-4-6-18(26)7-5-15/h4-10,14,16,20-21,30H,11-13H2,1-3H3/t16-,20?,21?/m1/s1. The van der Waals surface area contributed by atoms with Crippen LogP contribution in [0.3, 0.4) is 0 Å². The summed E-state index contributed by atoms with van der Waals surface area (Å²) in [4.78, 5) is 12.3. The van der Waals surface area contributed by atoms with Gasteiger partial charge in [-0.25, -0.2) is 4.39 Å². The number of alkyl halides is 3. The third-order valence-electron chi connectivity index (χ3n) is 6.32. The van der Waals surface area contributed by atoms with E-state index in [0.717, 1.165) is 5.56 Å². The molecular weight excluding hydrogens is 494 g/mol. The lowest BCUT2D eigenvalue weighted by atomic mass is 9.93. The summed E-state index contributed by atoms with van der Waals surface area (Å²) in [7, 11) is 1.34. The molecule has 0 aliphatic heterocycles. The first-order chi connectivity index (χ1) is 17.6. The Bertz CT molecular complexity index is 1230. The van der Waals surface area contributed by atoms with Crippen molar-refractivity contribution in [2.45, 2.75) is 57.5 Å². The van der Waals surface area contributed by atoms with Gasteiger partial charge < -0.3 is 14.8 Å². The van der Waals surface area contributed by atoms with E-state index in [0.29, 0.717) is 28.8 Å². The topological polar surface area (TPSA) is 91.2 Å².